The fraction of sp³-hybridized carbons (Fsp3) is 0.682. The Hall–Kier alpha value is -0.860. The molecular weight excluding hydrogens is 465 g/mol. The molecule has 1 aromatic carbocycles. The number of benzene rings is 1. The average molecular weight is 499 g/mol. The Balaban J connectivity index is 0.00000225. The molecule has 3 fully saturated rings. The molecule has 1 N–H and O–H groups in total. The van der Waals surface area contributed by atoms with Crippen LogP contribution < -0.4 is 5.32 Å². The third kappa shape index (κ3) is 5.83. The van der Waals surface area contributed by atoms with E-state index in [1.807, 2.05) is 0 Å². The number of likely N-dealkylation sites (tertiary alicyclic amines) is 1. The molecule has 0 spiro atoms. The van der Waals surface area contributed by atoms with Crippen molar-refractivity contribution in [2.24, 2.45) is 4.99 Å². The van der Waals surface area contributed by atoms with E-state index in [1.54, 1.807) is 0 Å². The van der Waals surface area contributed by atoms with Crippen LogP contribution in [0.25, 0.3) is 0 Å². The summed E-state index contributed by atoms with van der Waals surface area (Å²) in [5.41, 5.74) is 1.44. The van der Waals surface area contributed by atoms with Crippen LogP contribution in [0.1, 0.15) is 50.5 Å². The molecule has 1 aliphatic carbocycles. The van der Waals surface area contributed by atoms with Crippen LogP contribution in [0.3, 0.4) is 0 Å². The number of rotatable bonds is 6. The van der Waals surface area contributed by atoms with Crippen molar-refractivity contribution in [2.75, 3.05) is 32.8 Å². The molecule has 1 saturated carbocycles. The van der Waals surface area contributed by atoms with Crippen LogP contribution in [0.4, 0.5) is 0 Å². The van der Waals surface area contributed by atoms with Gasteiger partial charge in [0, 0.05) is 38.2 Å². The highest BCUT2D eigenvalue weighted by Gasteiger charge is 2.39. The summed E-state index contributed by atoms with van der Waals surface area (Å²) in [5, 5.41) is 3.72. The largest absolute Gasteiger partial charge is 0.376 e. The molecule has 6 heteroatoms. The number of piperidine rings is 1. The van der Waals surface area contributed by atoms with Gasteiger partial charge in [-0.3, -0.25) is 4.99 Å². The van der Waals surface area contributed by atoms with Crippen molar-refractivity contribution in [3.8, 4) is 0 Å². The second-order valence-electron chi connectivity index (χ2n) is 7.96. The molecule has 5 nitrogen and oxygen atoms in total. The van der Waals surface area contributed by atoms with Crippen LogP contribution in [0.2, 0.25) is 0 Å². The van der Waals surface area contributed by atoms with Crippen LogP contribution in [-0.4, -0.2) is 62.0 Å². The smallest absolute Gasteiger partial charge is 0.194 e. The van der Waals surface area contributed by atoms with Gasteiger partial charge >= 0.3 is 0 Å². The topological polar surface area (TPSA) is 46.1 Å². The Bertz CT molecular complexity index is 613. The monoisotopic (exact) mass is 499 g/mol. The standard InChI is InChI=1S/C22H33N3O2.HI/c1-2-23-22(24-21-15-20(21)17-7-4-3-5-8-17)25-12-10-18(11-13-25)27-16-19-9-6-14-26-19;/h3-5,7-8,18-21H,2,6,9-16H2,1H3,(H,23,24);1H. The van der Waals surface area contributed by atoms with Gasteiger partial charge in [-0.15, -0.1) is 24.0 Å². The molecule has 3 unspecified atom stereocenters. The second kappa shape index (κ2) is 10.8. The fourth-order valence-corrected chi connectivity index (χ4v) is 4.23. The van der Waals surface area contributed by atoms with Crippen molar-refractivity contribution >= 4 is 29.9 Å². The highest BCUT2D eigenvalue weighted by Crippen LogP contribution is 2.40. The Morgan fingerprint density at radius 3 is 2.68 bits per heavy atom. The molecule has 0 aromatic heterocycles. The van der Waals surface area contributed by atoms with Crippen LogP contribution in [0.5, 0.6) is 0 Å². The lowest BCUT2D eigenvalue weighted by Crippen LogP contribution is -2.48. The first-order valence-corrected chi connectivity index (χ1v) is 10.7. The number of halogens is 1. The van der Waals surface area contributed by atoms with Crippen molar-refractivity contribution in [1.29, 1.82) is 0 Å². The van der Waals surface area contributed by atoms with E-state index in [4.69, 9.17) is 14.5 Å². The summed E-state index contributed by atoms with van der Waals surface area (Å²) in [6, 6.07) is 11.3. The van der Waals surface area contributed by atoms with Crippen LogP contribution >= 0.6 is 24.0 Å². The maximum atomic E-state index is 6.11. The Morgan fingerprint density at radius 1 is 1.21 bits per heavy atom. The lowest BCUT2D eigenvalue weighted by atomic mass is 10.1. The third-order valence-corrected chi connectivity index (χ3v) is 5.92. The number of aliphatic imine (C=N–C) groups is 1. The summed E-state index contributed by atoms with van der Waals surface area (Å²) in [5.74, 6) is 1.71. The van der Waals surface area contributed by atoms with Gasteiger partial charge in [0.05, 0.1) is 18.8 Å². The van der Waals surface area contributed by atoms with Crippen molar-refractivity contribution in [3.05, 3.63) is 35.9 Å². The number of hydrogen-bond donors (Lipinski definition) is 1. The van der Waals surface area contributed by atoms with Gasteiger partial charge in [0.25, 0.3) is 0 Å². The van der Waals surface area contributed by atoms with E-state index in [0.717, 1.165) is 58.1 Å². The van der Waals surface area contributed by atoms with Crippen molar-refractivity contribution in [1.82, 2.24) is 10.2 Å². The van der Waals surface area contributed by atoms with E-state index in [1.165, 1.54) is 18.4 Å². The number of hydrogen-bond acceptors (Lipinski definition) is 3. The lowest BCUT2D eigenvalue weighted by molar-refractivity contribution is -0.0367. The number of guanidine groups is 1. The molecule has 3 atom stereocenters. The van der Waals surface area contributed by atoms with E-state index in [2.05, 4.69) is 47.5 Å². The summed E-state index contributed by atoms with van der Waals surface area (Å²) in [6.45, 7) is 6.64. The molecule has 1 aromatic rings. The maximum Gasteiger partial charge on any atom is 0.194 e. The molecule has 156 valence electrons. The minimum Gasteiger partial charge on any atom is -0.376 e. The highest BCUT2D eigenvalue weighted by atomic mass is 127. The van der Waals surface area contributed by atoms with Gasteiger partial charge in [0.15, 0.2) is 5.96 Å². The molecule has 28 heavy (non-hydrogen) atoms. The first-order valence-electron chi connectivity index (χ1n) is 10.7. The molecule has 3 aliphatic rings. The van der Waals surface area contributed by atoms with Gasteiger partial charge in [-0.2, -0.15) is 0 Å². The van der Waals surface area contributed by atoms with Gasteiger partial charge < -0.3 is 19.7 Å². The summed E-state index contributed by atoms with van der Waals surface area (Å²) >= 11 is 0. The number of nitrogens with one attached hydrogen (secondary N) is 1. The molecule has 0 bridgehead atoms. The van der Waals surface area contributed by atoms with Gasteiger partial charge in [0.2, 0.25) is 0 Å². The van der Waals surface area contributed by atoms with Crippen LogP contribution in [-0.2, 0) is 9.47 Å². The van der Waals surface area contributed by atoms with Crippen LogP contribution in [0, 0.1) is 0 Å². The average Bonchev–Trinajstić information content (AvgIpc) is 3.28. The second-order valence-corrected chi connectivity index (χ2v) is 7.96. The molecular formula is C22H34IN3O2. The predicted molar refractivity (Wildman–Crippen MR) is 124 cm³/mol. The van der Waals surface area contributed by atoms with E-state index in [-0.39, 0.29) is 24.0 Å². The Labute approximate surface area is 186 Å². The fourth-order valence-electron chi connectivity index (χ4n) is 4.23. The van der Waals surface area contributed by atoms with Gasteiger partial charge in [0.1, 0.15) is 0 Å². The Morgan fingerprint density at radius 2 is 2.00 bits per heavy atom. The van der Waals surface area contributed by atoms with Gasteiger partial charge in [-0.25, -0.2) is 0 Å². The van der Waals surface area contributed by atoms with E-state index >= 15 is 0 Å². The van der Waals surface area contributed by atoms with Crippen molar-refractivity contribution in [2.45, 2.75) is 63.2 Å². The summed E-state index contributed by atoms with van der Waals surface area (Å²) < 4.78 is 11.8. The molecule has 4 rings (SSSR count). The molecule has 2 heterocycles. The Kier molecular flexibility index (Phi) is 8.41. The summed E-state index contributed by atoms with van der Waals surface area (Å²) in [6.07, 6.45) is 6.37. The minimum atomic E-state index is 0. The first kappa shape index (κ1) is 21.8. The molecule has 0 amide bonds. The first-order chi connectivity index (χ1) is 13.3. The van der Waals surface area contributed by atoms with E-state index in [9.17, 15) is 0 Å². The van der Waals surface area contributed by atoms with E-state index in [0.29, 0.717) is 24.2 Å². The minimum absolute atomic E-state index is 0. The predicted octanol–water partition coefficient (Wildman–Crippen LogP) is 3.79. The van der Waals surface area contributed by atoms with Gasteiger partial charge in [-0.05, 0) is 44.6 Å². The maximum absolute atomic E-state index is 6.11. The van der Waals surface area contributed by atoms with Crippen molar-refractivity contribution in [3.63, 3.8) is 0 Å². The van der Waals surface area contributed by atoms with Crippen molar-refractivity contribution < 1.29 is 9.47 Å². The van der Waals surface area contributed by atoms with Gasteiger partial charge in [-0.1, -0.05) is 30.3 Å². The zero-order chi connectivity index (χ0) is 18.5. The van der Waals surface area contributed by atoms with Crippen LogP contribution in [0.15, 0.2) is 35.3 Å². The molecule has 2 aliphatic heterocycles. The summed E-state index contributed by atoms with van der Waals surface area (Å²) in [7, 11) is 0. The zero-order valence-electron chi connectivity index (χ0n) is 16.9. The lowest BCUT2D eigenvalue weighted by Gasteiger charge is -2.34. The number of nitrogens with zero attached hydrogens (tertiary/aromatic N) is 2. The SMILES string of the molecule is CCN=C(NC1CC1c1ccccc1)N1CCC(OCC2CCCO2)CC1.I. The summed E-state index contributed by atoms with van der Waals surface area (Å²) in [4.78, 5) is 7.17. The quantitative estimate of drug-likeness (QED) is 0.368. The number of ether oxygens (including phenoxy) is 2. The normalized spacial score (nSPS) is 28.1. The molecule has 2 saturated heterocycles. The van der Waals surface area contributed by atoms with E-state index < -0.39 is 0 Å². The molecule has 0 radical (unpaired) electrons. The zero-order valence-corrected chi connectivity index (χ0v) is 19.2. The highest BCUT2D eigenvalue weighted by molar-refractivity contribution is 14.0. The third-order valence-electron chi connectivity index (χ3n) is 5.92.